The maximum atomic E-state index is 14.8. The number of hydrogen-bond donors (Lipinski definition) is 1. The maximum Gasteiger partial charge on any atom is 0.416 e. The highest BCUT2D eigenvalue weighted by molar-refractivity contribution is 7.90. The summed E-state index contributed by atoms with van der Waals surface area (Å²) >= 11 is 0. The van der Waals surface area contributed by atoms with Crippen LogP contribution in [0.25, 0.3) is 10.9 Å². The molecule has 0 amide bonds. The van der Waals surface area contributed by atoms with Gasteiger partial charge in [-0.25, -0.2) is 27.2 Å². The molecule has 0 spiro atoms. The number of rotatable bonds is 3. The van der Waals surface area contributed by atoms with E-state index in [4.69, 9.17) is 4.74 Å². The van der Waals surface area contributed by atoms with E-state index in [0.29, 0.717) is 11.3 Å². The number of carbonyl (C=O) groups is 1. The standard InChI is InChI=1S/C16H14FN3O5S/c1-8-7-18-15(26(3,23)24)19-14(8)25-12-5-4-11-10(13(12)17)6-9(2)20(11)16(21)22/h4-7H,1-3H3,(H,21,22). The van der Waals surface area contributed by atoms with Crippen molar-refractivity contribution in [2.75, 3.05) is 6.26 Å². The van der Waals surface area contributed by atoms with Gasteiger partial charge in [-0.3, -0.25) is 0 Å². The second kappa shape index (κ2) is 6.06. The fraction of sp³-hybridized carbons (Fsp3) is 0.188. The zero-order valence-electron chi connectivity index (χ0n) is 14.0. The van der Waals surface area contributed by atoms with E-state index >= 15 is 0 Å². The van der Waals surface area contributed by atoms with E-state index in [1.807, 2.05) is 0 Å². The molecular formula is C16H14FN3O5S. The SMILES string of the molecule is Cc1cnc(S(C)(=O)=O)nc1Oc1ccc2c(cc(C)n2C(=O)O)c1F. The Bertz CT molecular complexity index is 1150. The number of sulfone groups is 1. The summed E-state index contributed by atoms with van der Waals surface area (Å²) in [6.45, 7) is 3.13. The molecule has 0 aliphatic heterocycles. The van der Waals surface area contributed by atoms with Crippen LogP contribution in [0, 0.1) is 19.7 Å². The zero-order valence-corrected chi connectivity index (χ0v) is 14.8. The minimum atomic E-state index is -3.66. The number of nitrogens with zero attached hydrogens (tertiary/aromatic N) is 3. The fourth-order valence-corrected chi connectivity index (χ4v) is 2.98. The van der Waals surface area contributed by atoms with Crippen LogP contribution in [0.4, 0.5) is 9.18 Å². The van der Waals surface area contributed by atoms with Crippen LogP contribution in [0.1, 0.15) is 11.3 Å². The van der Waals surface area contributed by atoms with E-state index in [9.17, 15) is 22.7 Å². The summed E-state index contributed by atoms with van der Waals surface area (Å²) in [6, 6.07) is 4.06. The van der Waals surface area contributed by atoms with Gasteiger partial charge in [0, 0.05) is 29.1 Å². The van der Waals surface area contributed by atoms with Crippen LogP contribution < -0.4 is 4.74 Å². The molecule has 0 aliphatic carbocycles. The first-order valence-electron chi connectivity index (χ1n) is 7.35. The average molecular weight is 379 g/mol. The maximum absolute atomic E-state index is 14.8. The predicted octanol–water partition coefficient (Wildman–Crippen LogP) is 2.91. The third kappa shape index (κ3) is 2.99. The van der Waals surface area contributed by atoms with Gasteiger partial charge in [0.25, 0.3) is 0 Å². The number of carboxylic acid groups (broad SMARTS) is 1. The monoisotopic (exact) mass is 379 g/mol. The number of fused-ring (bicyclic) bond motifs is 1. The minimum Gasteiger partial charge on any atom is -0.464 e. The number of hydrogen-bond acceptors (Lipinski definition) is 6. The lowest BCUT2D eigenvalue weighted by Crippen LogP contribution is -2.09. The molecular weight excluding hydrogens is 365 g/mol. The van der Waals surface area contributed by atoms with Gasteiger partial charge in [-0.2, -0.15) is 4.98 Å². The first kappa shape index (κ1) is 17.8. The molecule has 0 fully saturated rings. The number of aromatic nitrogens is 3. The molecule has 0 saturated carbocycles. The van der Waals surface area contributed by atoms with Crippen molar-refractivity contribution in [2.45, 2.75) is 19.0 Å². The lowest BCUT2D eigenvalue weighted by molar-refractivity contribution is 0.197. The molecule has 0 saturated heterocycles. The van der Waals surface area contributed by atoms with Gasteiger partial charge in [-0.1, -0.05) is 0 Å². The van der Waals surface area contributed by atoms with E-state index in [-0.39, 0.29) is 22.5 Å². The van der Waals surface area contributed by atoms with Gasteiger partial charge in [0.05, 0.1) is 5.52 Å². The van der Waals surface area contributed by atoms with Crippen LogP contribution in [0.2, 0.25) is 0 Å². The Labute approximate surface area is 147 Å². The molecule has 136 valence electrons. The topological polar surface area (TPSA) is 111 Å². The number of ether oxygens (including phenoxy) is 1. The number of benzene rings is 1. The summed E-state index contributed by atoms with van der Waals surface area (Å²) in [4.78, 5) is 18.8. The van der Waals surface area contributed by atoms with Gasteiger partial charge in [-0.15, -0.1) is 0 Å². The number of halogens is 1. The molecule has 1 aromatic carbocycles. The van der Waals surface area contributed by atoms with Crippen molar-refractivity contribution >= 4 is 26.8 Å². The van der Waals surface area contributed by atoms with E-state index in [1.54, 1.807) is 13.8 Å². The lowest BCUT2D eigenvalue weighted by atomic mass is 10.2. The molecule has 0 bridgehead atoms. The van der Waals surface area contributed by atoms with Crippen molar-refractivity contribution in [3.8, 4) is 11.6 Å². The van der Waals surface area contributed by atoms with E-state index in [1.165, 1.54) is 24.4 Å². The Hall–Kier alpha value is -3.01. The molecule has 10 heteroatoms. The van der Waals surface area contributed by atoms with Gasteiger partial charge >= 0.3 is 6.09 Å². The van der Waals surface area contributed by atoms with E-state index in [2.05, 4.69) is 9.97 Å². The Morgan fingerprint density at radius 2 is 2.00 bits per heavy atom. The van der Waals surface area contributed by atoms with E-state index in [0.717, 1.165) is 10.8 Å². The summed E-state index contributed by atoms with van der Waals surface area (Å²) in [5, 5.41) is 8.86. The van der Waals surface area contributed by atoms with Crippen LogP contribution in [0.3, 0.4) is 0 Å². The van der Waals surface area contributed by atoms with Crippen LogP contribution in [-0.2, 0) is 9.84 Å². The molecule has 0 atom stereocenters. The highest BCUT2D eigenvalue weighted by atomic mass is 32.2. The summed E-state index contributed by atoms with van der Waals surface area (Å²) in [7, 11) is -3.66. The van der Waals surface area contributed by atoms with Crippen LogP contribution in [-0.4, -0.2) is 40.4 Å². The Morgan fingerprint density at radius 1 is 1.31 bits per heavy atom. The van der Waals surface area contributed by atoms with E-state index < -0.39 is 26.9 Å². The predicted molar refractivity (Wildman–Crippen MR) is 90.0 cm³/mol. The first-order valence-corrected chi connectivity index (χ1v) is 9.24. The van der Waals surface area contributed by atoms with Gasteiger partial charge in [0.1, 0.15) is 0 Å². The molecule has 1 N–H and O–H groups in total. The third-order valence-electron chi connectivity index (χ3n) is 3.70. The van der Waals surface area contributed by atoms with Gasteiger partial charge in [0.15, 0.2) is 11.6 Å². The van der Waals surface area contributed by atoms with Crippen LogP contribution in [0.5, 0.6) is 11.6 Å². The first-order chi connectivity index (χ1) is 12.1. The van der Waals surface area contributed by atoms with Crippen molar-refractivity contribution in [1.82, 2.24) is 14.5 Å². The Kier molecular flexibility index (Phi) is 4.15. The molecule has 3 aromatic rings. The molecule has 0 aliphatic rings. The number of aryl methyl sites for hydroxylation is 2. The van der Waals surface area contributed by atoms with Crippen molar-refractivity contribution in [2.24, 2.45) is 0 Å². The average Bonchev–Trinajstić information content (AvgIpc) is 2.88. The lowest BCUT2D eigenvalue weighted by Gasteiger charge is -2.10. The summed E-state index contributed by atoms with van der Waals surface area (Å²) in [6.07, 6.45) is 0.987. The smallest absolute Gasteiger partial charge is 0.416 e. The Balaban J connectivity index is 2.11. The molecule has 0 unspecified atom stereocenters. The summed E-state index contributed by atoms with van der Waals surface area (Å²) < 4.78 is 44.4. The van der Waals surface area contributed by atoms with Crippen molar-refractivity contribution in [1.29, 1.82) is 0 Å². The molecule has 2 heterocycles. The van der Waals surface area contributed by atoms with Gasteiger partial charge < -0.3 is 9.84 Å². The van der Waals surface area contributed by atoms with Crippen LogP contribution in [0.15, 0.2) is 29.6 Å². The van der Waals surface area contributed by atoms with Crippen molar-refractivity contribution in [3.63, 3.8) is 0 Å². The molecule has 2 aromatic heterocycles. The minimum absolute atomic E-state index is 0.0671. The molecule has 26 heavy (non-hydrogen) atoms. The van der Waals surface area contributed by atoms with Gasteiger partial charge in [-0.05, 0) is 32.0 Å². The molecule has 0 radical (unpaired) electrons. The normalized spacial score (nSPS) is 11.7. The highest BCUT2D eigenvalue weighted by Gasteiger charge is 2.19. The molecule has 3 rings (SSSR count). The summed E-state index contributed by atoms with van der Waals surface area (Å²) in [5.74, 6) is -1.08. The second-order valence-electron chi connectivity index (χ2n) is 5.73. The quantitative estimate of drug-likeness (QED) is 0.696. The highest BCUT2D eigenvalue weighted by Crippen LogP contribution is 2.32. The Morgan fingerprint density at radius 3 is 2.62 bits per heavy atom. The second-order valence-corrected chi connectivity index (χ2v) is 7.64. The van der Waals surface area contributed by atoms with Crippen LogP contribution >= 0.6 is 0 Å². The third-order valence-corrected chi connectivity index (χ3v) is 4.56. The van der Waals surface area contributed by atoms with Crippen molar-refractivity contribution < 1.29 is 27.4 Å². The molecule has 8 nitrogen and oxygen atoms in total. The van der Waals surface area contributed by atoms with Crippen molar-refractivity contribution in [3.05, 3.63) is 41.5 Å². The zero-order chi connectivity index (χ0) is 19.2. The summed E-state index contributed by atoms with van der Waals surface area (Å²) in [5.41, 5.74) is 0.938. The fourth-order valence-electron chi connectivity index (χ4n) is 2.49. The largest absolute Gasteiger partial charge is 0.464 e. The van der Waals surface area contributed by atoms with Gasteiger partial charge in [0.2, 0.25) is 20.9 Å².